The Morgan fingerprint density at radius 2 is 1.62 bits per heavy atom. The predicted molar refractivity (Wildman–Crippen MR) is 201 cm³/mol. The summed E-state index contributed by atoms with van der Waals surface area (Å²) in [6.45, 7) is 18.1. The molecule has 52 heavy (non-hydrogen) atoms. The van der Waals surface area contributed by atoms with Crippen LogP contribution in [0.2, 0.25) is 0 Å². The van der Waals surface area contributed by atoms with Gasteiger partial charge in [-0.25, -0.2) is 13.2 Å². The minimum Gasteiger partial charge on any atom is -0.481 e. The van der Waals surface area contributed by atoms with Gasteiger partial charge in [0.05, 0.1) is 29.9 Å². The molecule has 4 heterocycles. The molecule has 0 radical (unpaired) electrons. The highest BCUT2D eigenvalue weighted by atomic mass is 19.3. The minimum absolute atomic E-state index is 0.0995. The molecule has 0 atom stereocenters. The summed E-state index contributed by atoms with van der Waals surface area (Å²) in [4.78, 5) is 23.7. The van der Waals surface area contributed by atoms with Gasteiger partial charge < -0.3 is 15.1 Å². The smallest absolute Gasteiger partial charge is 0.307 e. The molecule has 0 unspecified atom stereocenters. The normalized spacial score (nSPS) is 19.1. The number of aliphatic carboxylic acids is 1. The largest absolute Gasteiger partial charge is 0.481 e. The lowest BCUT2D eigenvalue weighted by Crippen LogP contribution is -2.42. The number of alkyl halides is 2. The number of anilines is 1. The number of carboxylic acids is 1. The zero-order chi connectivity index (χ0) is 38.0. The van der Waals surface area contributed by atoms with E-state index >= 15 is 0 Å². The molecule has 0 amide bonds. The lowest BCUT2D eigenvalue weighted by molar-refractivity contribution is -0.136. The topological polar surface area (TPSA) is 80.1 Å². The molecule has 0 aliphatic carbocycles. The van der Waals surface area contributed by atoms with Crippen molar-refractivity contribution < 1.29 is 28.2 Å². The highest BCUT2D eigenvalue weighted by molar-refractivity contribution is 5.87. The van der Waals surface area contributed by atoms with Crippen LogP contribution in [0, 0.1) is 25.1 Å². The Kier molecular flexibility index (Phi) is 12.1. The van der Waals surface area contributed by atoms with Gasteiger partial charge in [0.2, 0.25) is 0 Å². The number of aryl methyl sites for hydroxylation is 2. The van der Waals surface area contributed by atoms with Crippen LogP contribution >= 0.6 is 0 Å². The second-order valence-corrected chi connectivity index (χ2v) is 16.9. The van der Waals surface area contributed by atoms with Gasteiger partial charge in [-0.1, -0.05) is 38.1 Å². The van der Waals surface area contributed by atoms with Crippen molar-refractivity contribution in [1.82, 2.24) is 14.8 Å². The molecule has 284 valence electrons. The molecule has 2 N–H and O–H groups in total. The van der Waals surface area contributed by atoms with Crippen molar-refractivity contribution in [1.29, 1.82) is 0 Å². The van der Waals surface area contributed by atoms with Crippen molar-refractivity contribution in [3.05, 3.63) is 81.4 Å². The highest BCUT2D eigenvalue weighted by Gasteiger charge is 2.37. The van der Waals surface area contributed by atoms with Crippen LogP contribution in [-0.2, 0) is 37.3 Å². The van der Waals surface area contributed by atoms with E-state index in [9.17, 15) is 23.1 Å². The van der Waals surface area contributed by atoms with Crippen LogP contribution in [0.3, 0.4) is 0 Å². The maximum absolute atomic E-state index is 14.6. The molecule has 3 aromatic rings. The van der Waals surface area contributed by atoms with Crippen molar-refractivity contribution in [2.24, 2.45) is 5.41 Å². The number of likely N-dealkylation sites (tertiary alicyclic amines) is 1. The average molecular weight is 723 g/mol. The summed E-state index contributed by atoms with van der Waals surface area (Å²) in [6.07, 6.45) is 2.97. The summed E-state index contributed by atoms with van der Waals surface area (Å²) >= 11 is 0. The number of pyridine rings is 1. The van der Waals surface area contributed by atoms with Gasteiger partial charge in [-0.3, -0.25) is 19.6 Å². The molecule has 0 bridgehead atoms. The fourth-order valence-electron chi connectivity index (χ4n) is 7.62. The van der Waals surface area contributed by atoms with Gasteiger partial charge in [0.15, 0.2) is 0 Å². The number of hydrogen-bond donors (Lipinski definition) is 2. The van der Waals surface area contributed by atoms with Crippen LogP contribution in [0.25, 0.3) is 11.1 Å². The van der Waals surface area contributed by atoms with Gasteiger partial charge in [-0.15, -0.1) is 0 Å². The SMILES string of the molecule is CC(C)(C)O.Cc1cc(F)ccc1CN1CCc2cc(-c3c(CN4CCCC(F)(F)C4)nc(C)c(CC(=O)O)c3N3CCC(C)(C)CC3)ccc2C1. The van der Waals surface area contributed by atoms with Crippen LogP contribution in [0.1, 0.15) is 99.5 Å². The van der Waals surface area contributed by atoms with Gasteiger partial charge in [-0.05, 0) is 112 Å². The molecule has 7 nitrogen and oxygen atoms in total. The third kappa shape index (κ3) is 10.6. The number of aliphatic hydroxyl groups is 1. The Morgan fingerprint density at radius 1 is 0.923 bits per heavy atom. The summed E-state index contributed by atoms with van der Waals surface area (Å²) < 4.78 is 42.8. The van der Waals surface area contributed by atoms with Crippen LogP contribution in [-0.4, -0.2) is 75.2 Å². The molecule has 0 spiro atoms. The van der Waals surface area contributed by atoms with Crippen LogP contribution in [0.5, 0.6) is 0 Å². The van der Waals surface area contributed by atoms with E-state index in [0.717, 1.165) is 85.6 Å². The number of aromatic nitrogens is 1. The molecule has 0 saturated carbocycles. The van der Waals surface area contributed by atoms with E-state index in [0.29, 0.717) is 24.2 Å². The Morgan fingerprint density at radius 3 is 2.25 bits per heavy atom. The highest BCUT2D eigenvalue weighted by Crippen LogP contribution is 2.43. The number of halogens is 3. The van der Waals surface area contributed by atoms with E-state index in [2.05, 4.69) is 41.8 Å². The molecule has 10 heteroatoms. The number of piperidine rings is 2. The Bertz CT molecular complexity index is 1740. The van der Waals surface area contributed by atoms with Crippen LogP contribution < -0.4 is 4.90 Å². The summed E-state index contributed by atoms with van der Waals surface area (Å²) in [6, 6.07) is 11.5. The molecule has 2 saturated heterocycles. The van der Waals surface area contributed by atoms with Crippen molar-refractivity contribution >= 4 is 11.7 Å². The van der Waals surface area contributed by atoms with E-state index in [4.69, 9.17) is 10.1 Å². The number of hydrogen-bond acceptors (Lipinski definition) is 6. The quantitative estimate of drug-likeness (QED) is 0.242. The van der Waals surface area contributed by atoms with E-state index in [1.54, 1.807) is 26.8 Å². The number of fused-ring (bicyclic) bond motifs is 1. The van der Waals surface area contributed by atoms with Crippen molar-refractivity contribution in [3.8, 4) is 11.1 Å². The van der Waals surface area contributed by atoms with Gasteiger partial charge in [0.1, 0.15) is 5.82 Å². The average Bonchev–Trinajstić information content (AvgIpc) is 3.02. The Hall–Kier alpha value is -3.47. The van der Waals surface area contributed by atoms with Gasteiger partial charge in [0, 0.05) is 62.5 Å². The number of benzene rings is 2. The standard InChI is InChI=1S/C38H47F3N4O2.C4H10O/c1-25-18-31(39)9-8-29(25)21-43-15-10-27-19-28(6-7-30(27)22-43)35-33(23-44-14-5-11-38(40,41)24-44)42-26(2)32(20-34(46)47)36(35)45-16-12-37(3,4)13-17-45;1-4(2,3)5/h6-9,18-19H,5,10-17,20-24H2,1-4H3,(H,46,47);5H,1-3H3. The van der Waals surface area contributed by atoms with E-state index in [-0.39, 0.29) is 37.2 Å². The maximum atomic E-state index is 14.6. The predicted octanol–water partition coefficient (Wildman–Crippen LogP) is 8.32. The minimum atomic E-state index is -2.73. The first-order valence-electron chi connectivity index (χ1n) is 18.7. The summed E-state index contributed by atoms with van der Waals surface area (Å²) in [5, 5.41) is 18.5. The number of nitrogens with zero attached hydrogens (tertiary/aromatic N) is 4. The van der Waals surface area contributed by atoms with Crippen molar-refractivity contribution in [2.75, 3.05) is 37.6 Å². The maximum Gasteiger partial charge on any atom is 0.307 e. The van der Waals surface area contributed by atoms with E-state index in [1.165, 1.54) is 17.2 Å². The van der Waals surface area contributed by atoms with Gasteiger partial charge >= 0.3 is 5.97 Å². The summed E-state index contributed by atoms with van der Waals surface area (Å²) in [7, 11) is 0. The lowest BCUT2D eigenvalue weighted by Gasteiger charge is -2.41. The molecule has 3 aliphatic heterocycles. The Labute approximate surface area is 307 Å². The monoisotopic (exact) mass is 722 g/mol. The number of carboxylic acid groups (broad SMARTS) is 1. The lowest BCUT2D eigenvalue weighted by atomic mass is 9.81. The fraction of sp³-hybridized carbons (Fsp3) is 0.571. The zero-order valence-corrected chi connectivity index (χ0v) is 32.1. The Balaban J connectivity index is 0.000000979. The van der Waals surface area contributed by atoms with Gasteiger partial charge in [-0.2, -0.15) is 0 Å². The van der Waals surface area contributed by atoms with Crippen LogP contribution in [0.4, 0.5) is 18.9 Å². The molecule has 2 aromatic carbocycles. The first-order valence-corrected chi connectivity index (χ1v) is 18.7. The second-order valence-electron chi connectivity index (χ2n) is 16.9. The summed E-state index contributed by atoms with van der Waals surface area (Å²) in [5.41, 5.74) is 9.05. The van der Waals surface area contributed by atoms with Crippen LogP contribution in [0.15, 0.2) is 36.4 Å². The first-order chi connectivity index (χ1) is 24.3. The molecular formula is C42H57F3N4O3. The van der Waals surface area contributed by atoms with Crippen molar-refractivity contribution in [3.63, 3.8) is 0 Å². The molecular weight excluding hydrogens is 665 g/mol. The fourth-order valence-corrected chi connectivity index (χ4v) is 7.62. The van der Waals surface area contributed by atoms with E-state index in [1.807, 2.05) is 24.8 Å². The molecule has 1 aromatic heterocycles. The second kappa shape index (κ2) is 15.9. The van der Waals surface area contributed by atoms with Gasteiger partial charge in [0.25, 0.3) is 5.92 Å². The number of rotatable bonds is 8. The third-order valence-corrected chi connectivity index (χ3v) is 10.4. The zero-order valence-electron chi connectivity index (χ0n) is 32.1. The van der Waals surface area contributed by atoms with Crippen molar-refractivity contribution in [2.45, 2.75) is 118 Å². The molecule has 2 fully saturated rings. The molecule has 6 rings (SSSR count). The number of carbonyl (C=O) groups is 1. The molecule has 3 aliphatic rings. The third-order valence-electron chi connectivity index (χ3n) is 10.4. The first kappa shape index (κ1) is 39.7. The summed E-state index contributed by atoms with van der Waals surface area (Å²) in [5.74, 6) is -3.87. The van der Waals surface area contributed by atoms with E-state index < -0.39 is 17.5 Å².